The fraction of sp³-hybridized carbons (Fsp3) is 1.00. The highest BCUT2D eigenvalue weighted by atomic mass is 31.2. The Labute approximate surface area is 165 Å². The molecular formula is C18H41N2O6P. The van der Waals surface area contributed by atoms with Crippen LogP contribution in [0.2, 0.25) is 0 Å². The summed E-state index contributed by atoms with van der Waals surface area (Å²) >= 11 is 0. The molecule has 0 saturated carbocycles. The quantitative estimate of drug-likeness (QED) is 0.196. The number of unbranched alkanes of at least 4 members (excludes halogenated alkanes) is 4. The maximum Gasteiger partial charge on any atom is 0.268 e. The average Bonchev–Trinajstić information content (AvgIpc) is 2.57. The lowest BCUT2D eigenvalue weighted by molar-refractivity contribution is -0.870. The monoisotopic (exact) mass is 412 g/mol. The van der Waals surface area contributed by atoms with Crippen molar-refractivity contribution < 1.29 is 32.5 Å². The Morgan fingerprint density at radius 2 is 1.67 bits per heavy atom. The number of nitrogens with two attached hydrogens (primary N) is 1. The molecule has 9 heteroatoms. The number of hydrogen-bond acceptors (Lipinski definition) is 7. The van der Waals surface area contributed by atoms with Crippen LogP contribution in [0.3, 0.4) is 0 Å². The molecule has 0 fully saturated rings. The molecule has 0 aliphatic heterocycles. The average molecular weight is 413 g/mol. The van der Waals surface area contributed by atoms with Crippen LogP contribution in [-0.4, -0.2) is 77.9 Å². The summed E-state index contributed by atoms with van der Waals surface area (Å²) in [5.41, 5.74) is 5.48. The van der Waals surface area contributed by atoms with Crippen LogP contribution in [0.4, 0.5) is 0 Å². The number of phosphoric ester groups is 1. The van der Waals surface area contributed by atoms with Gasteiger partial charge in [0.05, 0.1) is 34.4 Å². The van der Waals surface area contributed by atoms with Gasteiger partial charge in [0.15, 0.2) is 0 Å². The smallest absolute Gasteiger partial charge is 0.268 e. The maximum absolute atomic E-state index is 11.9. The van der Waals surface area contributed by atoms with Crippen molar-refractivity contribution in [3.05, 3.63) is 0 Å². The molecule has 0 radical (unpaired) electrons. The fourth-order valence-corrected chi connectivity index (χ4v) is 2.85. The van der Waals surface area contributed by atoms with E-state index in [2.05, 4.69) is 6.92 Å². The fourth-order valence-electron chi connectivity index (χ4n) is 2.12. The Bertz CT molecular complexity index is 379. The molecule has 0 aromatic carbocycles. The molecule has 0 bridgehead atoms. The summed E-state index contributed by atoms with van der Waals surface area (Å²) in [4.78, 5) is 11.9. The number of hydrogen-bond donors (Lipinski definition) is 1. The van der Waals surface area contributed by atoms with Gasteiger partial charge in [0.1, 0.15) is 19.3 Å². The van der Waals surface area contributed by atoms with E-state index in [1.54, 1.807) is 0 Å². The van der Waals surface area contributed by atoms with Crippen molar-refractivity contribution >= 4 is 7.82 Å². The SMILES string of the molecule is CCCCCOC[C@H](COP(=O)([O-])OCC[N+](C)(C)C)OCCCCCN. The molecule has 0 aromatic rings. The summed E-state index contributed by atoms with van der Waals surface area (Å²) in [6.07, 6.45) is 5.58. The Kier molecular flexibility index (Phi) is 15.8. The topological polar surface area (TPSA) is 103 Å². The molecule has 0 heterocycles. The third-order valence-corrected chi connectivity index (χ3v) is 4.79. The van der Waals surface area contributed by atoms with Crippen LogP contribution in [0.15, 0.2) is 0 Å². The molecule has 0 aliphatic rings. The summed E-state index contributed by atoms with van der Waals surface area (Å²) < 4.78 is 33.8. The van der Waals surface area contributed by atoms with Gasteiger partial charge in [-0.15, -0.1) is 0 Å². The lowest BCUT2D eigenvalue weighted by atomic mass is 10.2. The van der Waals surface area contributed by atoms with E-state index in [0.29, 0.717) is 37.4 Å². The summed E-state index contributed by atoms with van der Waals surface area (Å²) in [7, 11) is 1.54. The molecule has 0 rings (SSSR count). The molecule has 0 aliphatic carbocycles. The van der Waals surface area contributed by atoms with Crippen LogP contribution >= 0.6 is 7.82 Å². The van der Waals surface area contributed by atoms with Gasteiger partial charge in [-0.2, -0.15) is 0 Å². The minimum atomic E-state index is -4.34. The summed E-state index contributed by atoms with van der Waals surface area (Å²) in [5.74, 6) is 0. The van der Waals surface area contributed by atoms with Crippen LogP contribution in [0.25, 0.3) is 0 Å². The van der Waals surface area contributed by atoms with Crippen LogP contribution in [0.1, 0.15) is 45.4 Å². The number of likely N-dealkylation sites (N-methyl/N-ethyl adjacent to an activating group) is 1. The standard InChI is InChI=1S/C18H41N2O6P/c1-5-6-9-13-23-16-18(24-14-10-7-8-11-19)17-26-27(21,22)25-15-12-20(2,3)4/h18H,5-17,19H2,1-4H3/t18-/m1/s1. The lowest BCUT2D eigenvalue weighted by Crippen LogP contribution is -2.37. The van der Waals surface area contributed by atoms with Crippen molar-refractivity contribution in [2.45, 2.75) is 51.6 Å². The van der Waals surface area contributed by atoms with Gasteiger partial charge in [0, 0.05) is 13.2 Å². The van der Waals surface area contributed by atoms with Gasteiger partial charge in [0.2, 0.25) is 0 Å². The van der Waals surface area contributed by atoms with Gasteiger partial charge < -0.3 is 33.6 Å². The van der Waals surface area contributed by atoms with E-state index in [1.807, 2.05) is 21.1 Å². The van der Waals surface area contributed by atoms with Crippen LogP contribution in [0.5, 0.6) is 0 Å². The molecule has 0 spiro atoms. The predicted octanol–water partition coefficient (Wildman–Crippen LogP) is 1.92. The van der Waals surface area contributed by atoms with E-state index in [0.717, 1.165) is 38.5 Å². The Morgan fingerprint density at radius 3 is 2.30 bits per heavy atom. The highest BCUT2D eigenvalue weighted by Crippen LogP contribution is 2.38. The second kappa shape index (κ2) is 15.8. The third kappa shape index (κ3) is 19.1. The number of nitrogens with zero attached hydrogens (tertiary/aromatic N) is 1. The molecule has 164 valence electrons. The number of ether oxygens (including phenoxy) is 2. The molecule has 0 saturated heterocycles. The molecule has 0 amide bonds. The zero-order valence-corrected chi connectivity index (χ0v) is 18.6. The first kappa shape index (κ1) is 27.0. The highest BCUT2D eigenvalue weighted by molar-refractivity contribution is 7.45. The van der Waals surface area contributed by atoms with Gasteiger partial charge in [-0.1, -0.05) is 19.8 Å². The first-order valence-electron chi connectivity index (χ1n) is 10.00. The van der Waals surface area contributed by atoms with Crippen molar-refractivity contribution in [1.29, 1.82) is 0 Å². The van der Waals surface area contributed by atoms with Gasteiger partial charge in [-0.25, -0.2) is 0 Å². The van der Waals surface area contributed by atoms with E-state index in [-0.39, 0.29) is 13.2 Å². The predicted molar refractivity (Wildman–Crippen MR) is 105 cm³/mol. The van der Waals surface area contributed by atoms with Crippen LogP contribution in [-0.2, 0) is 23.1 Å². The molecule has 0 aromatic heterocycles. The Hall–Kier alpha value is -0.0500. The Balaban J connectivity index is 4.25. The second-order valence-electron chi connectivity index (χ2n) is 7.71. The van der Waals surface area contributed by atoms with Gasteiger partial charge in [-0.05, 0) is 32.2 Å². The molecular weight excluding hydrogens is 371 g/mol. The van der Waals surface area contributed by atoms with E-state index in [4.69, 9.17) is 24.3 Å². The van der Waals surface area contributed by atoms with Crippen LogP contribution < -0.4 is 10.6 Å². The molecule has 1 unspecified atom stereocenters. The minimum Gasteiger partial charge on any atom is -0.756 e. The number of phosphoric acid groups is 1. The summed E-state index contributed by atoms with van der Waals surface area (Å²) in [5, 5.41) is 0. The van der Waals surface area contributed by atoms with E-state index < -0.39 is 13.9 Å². The van der Waals surface area contributed by atoms with Gasteiger partial charge in [0.25, 0.3) is 7.82 Å². The van der Waals surface area contributed by atoms with Crippen molar-refractivity contribution in [3.63, 3.8) is 0 Å². The summed E-state index contributed by atoms with van der Waals surface area (Å²) in [6.45, 7) is 4.81. The van der Waals surface area contributed by atoms with Crippen LogP contribution in [0, 0.1) is 0 Å². The molecule has 2 atom stereocenters. The maximum atomic E-state index is 11.9. The van der Waals surface area contributed by atoms with E-state index in [9.17, 15) is 9.46 Å². The van der Waals surface area contributed by atoms with Crippen molar-refractivity contribution in [2.75, 3.05) is 67.3 Å². The second-order valence-corrected chi connectivity index (χ2v) is 9.13. The van der Waals surface area contributed by atoms with E-state index in [1.165, 1.54) is 0 Å². The third-order valence-electron chi connectivity index (χ3n) is 3.83. The van der Waals surface area contributed by atoms with Gasteiger partial charge in [-0.3, -0.25) is 4.57 Å². The normalized spacial score (nSPS) is 15.6. The largest absolute Gasteiger partial charge is 0.756 e. The van der Waals surface area contributed by atoms with Crippen molar-refractivity contribution in [2.24, 2.45) is 5.73 Å². The van der Waals surface area contributed by atoms with Crippen molar-refractivity contribution in [3.8, 4) is 0 Å². The zero-order chi connectivity index (χ0) is 20.6. The zero-order valence-electron chi connectivity index (χ0n) is 17.7. The van der Waals surface area contributed by atoms with Gasteiger partial charge >= 0.3 is 0 Å². The first-order valence-corrected chi connectivity index (χ1v) is 11.5. The highest BCUT2D eigenvalue weighted by Gasteiger charge is 2.17. The minimum absolute atomic E-state index is 0.0857. The van der Waals surface area contributed by atoms with E-state index >= 15 is 0 Å². The Morgan fingerprint density at radius 1 is 0.963 bits per heavy atom. The lowest BCUT2D eigenvalue weighted by Gasteiger charge is -2.28. The first-order chi connectivity index (χ1) is 12.7. The molecule has 27 heavy (non-hydrogen) atoms. The number of quaternary nitrogens is 1. The summed E-state index contributed by atoms with van der Waals surface area (Å²) in [6, 6.07) is 0. The molecule has 2 N–H and O–H groups in total. The van der Waals surface area contributed by atoms with Crippen molar-refractivity contribution in [1.82, 2.24) is 0 Å². The molecule has 8 nitrogen and oxygen atoms in total. The number of rotatable bonds is 19.